The fourth-order valence-electron chi connectivity index (χ4n) is 3.27. The molecule has 2 rings (SSSR count). The van der Waals surface area contributed by atoms with Gasteiger partial charge >= 0.3 is 12.0 Å². The van der Waals surface area contributed by atoms with Crippen LogP contribution < -0.4 is 5.32 Å². The van der Waals surface area contributed by atoms with Gasteiger partial charge in [-0.1, -0.05) is 20.8 Å². The van der Waals surface area contributed by atoms with E-state index in [-0.39, 0.29) is 6.03 Å². The Morgan fingerprint density at radius 1 is 1.14 bits per heavy atom. The van der Waals surface area contributed by atoms with Crippen molar-refractivity contribution >= 4 is 23.8 Å². The molecule has 0 aromatic heterocycles. The van der Waals surface area contributed by atoms with E-state index in [1.807, 2.05) is 11.8 Å². The fraction of sp³-hybridized carbons (Fsp3) is 0.867. The maximum atomic E-state index is 12.5. The molecule has 0 aromatic rings. The number of rotatable bonds is 2. The van der Waals surface area contributed by atoms with Gasteiger partial charge in [0.05, 0.1) is 0 Å². The van der Waals surface area contributed by atoms with Crippen LogP contribution in [0.4, 0.5) is 4.79 Å². The van der Waals surface area contributed by atoms with Crippen LogP contribution in [-0.2, 0) is 4.79 Å². The molecule has 0 bridgehead atoms. The lowest BCUT2D eigenvalue weighted by Gasteiger charge is -2.40. The molecule has 0 spiro atoms. The number of carboxylic acid groups (broad SMARTS) is 1. The van der Waals surface area contributed by atoms with Gasteiger partial charge in [-0.2, -0.15) is 11.8 Å². The second kappa shape index (κ2) is 6.46. The standard InChI is InChI=1S/C15H26N2O3S/c1-10-4-6-15(7-5-10,13(18)19)16-14(20)17-8-11(2)21-12(3)9-17/h10-12H,4-9H2,1-3H3,(H,16,20)(H,18,19). The average molecular weight is 314 g/mol. The summed E-state index contributed by atoms with van der Waals surface area (Å²) in [5, 5.41) is 13.2. The molecule has 1 aliphatic heterocycles. The summed E-state index contributed by atoms with van der Waals surface area (Å²) in [7, 11) is 0. The van der Waals surface area contributed by atoms with Crippen molar-refractivity contribution in [3.63, 3.8) is 0 Å². The molecule has 120 valence electrons. The summed E-state index contributed by atoms with van der Waals surface area (Å²) in [5.74, 6) is -0.351. The lowest BCUT2D eigenvalue weighted by Crippen LogP contribution is -2.60. The number of urea groups is 1. The SMILES string of the molecule is CC1CCC(NC(=O)N2CC(C)SC(C)C2)(C(=O)O)CC1. The summed E-state index contributed by atoms with van der Waals surface area (Å²) >= 11 is 1.88. The number of aliphatic carboxylic acids is 1. The number of carbonyl (C=O) groups excluding carboxylic acids is 1. The minimum absolute atomic E-state index is 0.217. The number of nitrogens with zero attached hydrogens (tertiary/aromatic N) is 1. The quantitative estimate of drug-likeness (QED) is 0.822. The minimum atomic E-state index is -1.07. The van der Waals surface area contributed by atoms with Crippen LogP contribution in [0.25, 0.3) is 0 Å². The molecule has 2 amide bonds. The number of carbonyl (C=O) groups is 2. The molecule has 6 heteroatoms. The van der Waals surface area contributed by atoms with Gasteiger partial charge in [0, 0.05) is 23.6 Å². The minimum Gasteiger partial charge on any atom is -0.480 e. The molecular weight excluding hydrogens is 288 g/mol. The van der Waals surface area contributed by atoms with Gasteiger partial charge in [-0.25, -0.2) is 9.59 Å². The number of nitrogens with one attached hydrogen (secondary N) is 1. The molecular formula is C15H26N2O3S. The highest BCUT2D eigenvalue weighted by Gasteiger charge is 2.43. The van der Waals surface area contributed by atoms with Crippen molar-refractivity contribution in [1.82, 2.24) is 10.2 Å². The Bertz CT molecular complexity index is 398. The lowest BCUT2D eigenvalue weighted by molar-refractivity contribution is -0.146. The van der Waals surface area contributed by atoms with Crippen molar-refractivity contribution in [2.45, 2.75) is 62.5 Å². The highest BCUT2D eigenvalue weighted by Crippen LogP contribution is 2.33. The van der Waals surface area contributed by atoms with Crippen LogP contribution in [-0.4, -0.2) is 51.1 Å². The second-order valence-corrected chi connectivity index (χ2v) is 8.54. The van der Waals surface area contributed by atoms with E-state index in [4.69, 9.17) is 0 Å². The van der Waals surface area contributed by atoms with Crippen molar-refractivity contribution in [2.24, 2.45) is 5.92 Å². The first-order valence-corrected chi connectivity index (χ1v) is 8.72. The largest absolute Gasteiger partial charge is 0.480 e. The molecule has 1 heterocycles. The van der Waals surface area contributed by atoms with Gasteiger partial charge in [0.2, 0.25) is 0 Å². The third-order valence-corrected chi connectivity index (χ3v) is 5.82. The Kier molecular flexibility index (Phi) is 5.07. The van der Waals surface area contributed by atoms with Gasteiger partial charge in [-0.15, -0.1) is 0 Å². The van der Waals surface area contributed by atoms with Crippen LogP contribution in [0.1, 0.15) is 46.5 Å². The lowest BCUT2D eigenvalue weighted by atomic mass is 9.77. The Morgan fingerprint density at radius 3 is 2.14 bits per heavy atom. The molecule has 0 aromatic carbocycles. The first-order chi connectivity index (χ1) is 9.82. The summed E-state index contributed by atoms with van der Waals surface area (Å²) in [6, 6.07) is -0.217. The summed E-state index contributed by atoms with van der Waals surface area (Å²) in [5.41, 5.74) is -1.07. The van der Waals surface area contributed by atoms with Gasteiger partial charge in [-0.3, -0.25) is 0 Å². The van der Waals surface area contributed by atoms with E-state index < -0.39 is 11.5 Å². The molecule has 2 fully saturated rings. The van der Waals surface area contributed by atoms with Crippen LogP contribution in [0.2, 0.25) is 0 Å². The zero-order valence-corrected chi connectivity index (χ0v) is 13.9. The van der Waals surface area contributed by atoms with Crippen LogP contribution in [0.15, 0.2) is 0 Å². The van der Waals surface area contributed by atoms with Crippen LogP contribution in [0.5, 0.6) is 0 Å². The Morgan fingerprint density at radius 2 is 1.67 bits per heavy atom. The van der Waals surface area contributed by atoms with Crippen LogP contribution in [0, 0.1) is 5.92 Å². The van der Waals surface area contributed by atoms with Gasteiger partial charge in [0.1, 0.15) is 5.54 Å². The maximum absolute atomic E-state index is 12.5. The van der Waals surface area contributed by atoms with Gasteiger partial charge < -0.3 is 15.3 Å². The van der Waals surface area contributed by atoms with E-state index in [1.54, 1.807) is 4.90 Å². The van der Waals surface area contributed by atoms with E-state index in [0.29, 0.717) is 42.3 Å². The average Bonchev–Trinajstić information content (AvgIpc) is 2.40. The molecule has 0 radical (unpaired) electrons. The maximum Gasteiger partial charge on any atom is 0.329 e. The number of amides is 2. The van der Waals surface area contributed by atoms with E-state index in [0.717, 1.165) is 12.8 Å². The third-order valence-electron chi connectivity index (χ3n) is 4.59. The third kappa shape index (κ3) is 3.84. The summed E-state index contributed by atoms with van der Waals surface area (Å²) < 4.78 is 0. The molecule has 1 saturated heterocycles. The molecule has 2 aliphatic rings. The molecule has 2 atom stereocenters. The van der Waals surface area contributed by atoms with Crippen molar-refractivity contribution in [3.8, 4) is 0 Å². The zero-order valence-electron chi connectivity index (χ0n) is 13.1. The van der Waals surface area contributed by atoms with E-state index in [1.165, 1.54) is 0 Å². The van der Waals surface area contributed by atoms with Gasteiger partial charge in [-0.05, 0) is 31.6 Å². The second-order valence-electron chi connectivity index (χ2n) is 6.66. The summed E-state index contributed by atoms with van der Waals surface area (Å²) in [4.78, 5) is 26.0. The fourth-order valence-corrected chi connectivity index (χ4v) is 4.60. The predicted octanol–water partition coefficient (Wildman–Crippen LogP) is 2.56. The van der Waals surface area contributed by atoms with E-state index in [2.05, 4.69) is 26.1 Å². The Balaban J connectivity index is 2.03. The van der Waals surface area contributed by atoms with Crippen molar-refractivity contribution in [2.75, 3.05) is 13.1 Å². The van der Waals surface area contributed by atoms with Gasteiger partial charge in [0.25, 0.3) is 0 Å². The first-order valence-electron chi connectivity index (χ1n) is 7.78. The summed E-state index contributed by atoms with van der Waals surface area (Å²) in [6.07, 6.45) is 2.77. The highest BCUT2D eigenvalue weighted by molar-refractivity contribution is 8.00. The van der Waals surface area contributed by atoms with E-state index in [9.17, 15) is 14.7 Å². The molecule has 5 nitrogen and oxygen atoms in total. The molecule has 1 saturated carbocycles. The topological polar surface area (TPSA) is 69.6 Å². The molecule has 2 N–H and O–H groups in total. The Hall–Kier alpha value is -0.910. The van der Waals surface area contributed by atoms with Crippen LogP contribution >= 0.6 is 11.8 Å². The Labute approximate surface area is 130 Å². The van der Waals surface area contributed by atoms with E-state index >= 15 is 0 Å². The molecule has 2 unspecified atom stereocenters. The molecule has 21 heavy (non-hydrogen) atoms. The predicted molar refractivity (Wildman–Crippen MR) is 84.6 cm³/mol. The number of hydrogen-bond donors (Lipinski definition) is 2. The van der Waals surface area contributed by atoms with Crippen molar-refractivity contribution in [3.05, 3.63) is 0 Å². The molecule has 1 aliphatic carbocycles. The smallest absolute Gasteiger partial charge is 0.329 e. The number of carboxylic acids is 1. The van der Waals surface area contributed by atoms with Crippen molar-refractivity contribution in [1.29, 1.82) is 0 Å². The normalized spacial score (nSPS) is 37.1. The monoisotopic (exact) mass is 314 g/mol. The van der Waals surface area contributed by atoms with Crippen LogP contribution in [0.3, 0.4) is 0 Å². The highest BCUT2D eigenvalue weighted by atomic mass is 32.2. The number of thioether (sulfide) groups is 1. The van der Waals surface area contributed by atoms with Gasteiger partial charge in [0.15, 0.2) is 0 Å². The zero-order chi connectivity index (χ0) is 15.6. The number of hydrogen-bond acceptors (Lipinski definition) is 3. The summed E-state index contributed by atoms with van der Waals surface area (Å²) in [6.45, 7) is 7.73. The van der Waals surface area contributed by atoms with Crippen molar-refractivity contribution < 1.29 is 14.7 Å². The first kappa shape index (κ1) is 16.5.